The molecule has 0 unspecified atom stereocenters. The van der Waals surface area contributed by atoms with Crippen molar-refractivity contribution in [2.45, 2.75) is 25.2 Å². The van der Waals surface area contributed by atoms with Gasteiger partial charge < -0.3 is 14.4 Å². The van der Waals surface area contributed by atoms with Crippen molar-refractivity contribution in [2.75, 3.05) is 13.7 Å². The number of fused-ring (bicyclic) bond motifs is 4. The predicted octanol–water partition coefficient (Wildman–Crippen LogP) is 2.39. The minimum atomic E-state index is -0.616. The minimum absolute atomic E-state index is 0.204. The first-order valence-corrected chi connectivity index (χ1v) is 10.9. The van der Waals surface area contributed by atoms with E-state index in [9.17, 15) is 19.1 Å². The van der Waals surface area contributed by atoms with Gasteiger partial charge in [-0.3, -0.25) is 19.5 Å². The van der Waals surface area contributed by atoms with Gasteiger partial charge in [0.2, 0.25) is 0 Å². The number of aliphatic hydroxyl groups excluding tert-OH is 1. The topological polar surface area (TPSA) is 84.7 Å². The zero-order valence-electron chi connectivity index (χ0n) is 18.1. The molecule has 5 rings (SSSR count). The van der Waals surface area contributed by atoms with Gasteiger partial charge in [-0.15, -0.1) is 0 Å². The summed E-state index contributed by atoms with van der Waals surface area (Å²) in [5, 5.41) is 10.2. The van der Waals surface area contributed by atoms with Crippen LogP contribution in [0.4, 0.5) is 4.39 Å². The fraction of sp³-hybridized carbons (Fsp3) is 0.320. The van der Waals surface area contributed by atoms with Crippen LogP contribution < -0.4 is 5.56 Å². The molecule has 0 saturated carbocycles. The van der Waals surface area contributed by atoms with Crippen LogP contribution in [0.15, 0.2) is 65.7 Å². The van der Waals surface area contributed by atoms with E-state index in [0.717, 1.165) is 5.56 Å². The van der Waals surface area contributed by atoms with Crippen LogP contribution in [0.1, 0.15) is 17.3 Å². The molecule has 0 amide bonds. The molecule has 2 aliphatic heterocycles. The van der Waals surface area contributed by atoms with E-state index in [4.69, 9.17) is 4.74 Å². The zero-order chi connectivity index (χ0) is 23.1. The van der Waals surface area contributed by atoms with Gasteiger partial charge in [0.15, 0.2) is 0 Å². The van der Waals surface area contributed by atoms with Crippen LogP contribution in [0.5, 0.6) is 0 Å². The predicted molar refractivity (Wildman–Crippen MR) is 118 cm³/mol. The number of aliphatic hydroxyl groups is 1. The second-order valence-corrected chi connectivity index (χ2v) is 8.54. The highest BCUT2D eigenvalue weighted by atomic mass is 19.1. The molecule has 1 N–H and O–H groups in total. The van der Waals surface area contributed by atoms with Crippen LogP contribution in [0.2, 0.25) is 0 Å². The van der Waals surface area contributed by atoms with Crippen LogP contribution in [0, 0.1) is 17.7 Å². The number of carbonyl (C=O) groups is 1. The molecular formula is C25H24FN3O4. The Kier molecular flexibility index (Phi) is 5.55. The summed E-state index contributed by atoms with van der Waals surface area (Å²) in [7, 11) is 1.34. The van der Waals surface area contributed by atoms with Crippen molar-refractivity contribution in [3.8, 4) is 11.1 Å². The van der Waals surface area contributed by atoms with Crippen LogP contribution in [-0.2, 0) is 22.6 Å². The lowest BCUT2D eigenvalue weighted by molar-refractivity contribution is -0.148. The summed E-state index contributed by atoms with van der Waals surface area (Å²) in [6.45, 7) is 0.629. The summed E-state index contributed by atoms with van der Waals surface area (Å²) >= 11 is 0. The Morgan fingerprint density at radius 2 is 2.09 bits per heavy atom. The molecule has 7 nitrogen and oxygen atoms in total. The van der Waals surface area contributed by atoms with E-state index in [1.807, 2.05) is 18.2 Å². The maximum atomic E-state index is 13.8. The molecule has 1 fully saturated rings. The lowest BCUT2D eigenvalue weighted by atomic mass is 9.87. The van der Waals surface area contributed by atoms with E-state index in [1.54, 1.807) is 35.2 Å². The fourth-order valence-corrected chi connectivity index (χ4v) is 5.42. The Balaban J connectivity index is 1.64. The van der Waals surface area contributed by atoms with Crippen molar-refractivity contribution in [3.05, 3.63) is 88.4 Å². The zero-order valence-corrected chi connectivity index (χ0v) is 18.1. The number of aromatic nitrogens is 2. The summed E-state index contributed by atoms with van der Waals surface area (Å²) in [6, 6.07) is 12.6. The van der Waals surface area contributed by atoms with Crippen LogP contribution in [0.3, 0.4) is 0 Å². The van der Waals surface area contributed by atoms with Gasteiger partial charge in [0.1, 0.15) is 5.82 Å². The molecule has 0 radical (unpaired) electrons. The van der Waals surface area contributed by atoms with E-state index < -0.39 is 29.7 Å². The van der Waals surface area contributed by atoms with Crippen molar-refractivity contribution in [2.24, 2.45) is 11.8 Å². The first kappa shape index (κ1) is 21.5. The van der Waals surface area contributed by atoms with Gasteiger partial charge in [-0.25, -0.2) is 4.39 Å². The number of pyridine rings is 2. The quantitative estimate of drug-likeness (QED) is 0.602. The van der Waals surface area contributed by atoms with E-state index in [0.29, 0.717) is 29.9 Å². The molecule has 0 aliphatic carbocycles. The molecule has 3 aromatic rings. The first-order chi connectivity index (χ1) is 16.0. The molecule has 33 heavy (non-hydrogen) atoms. The third kappa shape index (κ3) is 3.55. The lowest BCUT2D eigenvalue weighted by Gasteiger charge is -2.38. The highest BCUT2D eigenvalue weighted by molar-refractivity contribution is 5.75. The number of benzene rings is 1. The van der Waals surface area contributed by atoms with Gasteiger partial charge in [-0.05, 0) is 41.5 Å². The van der Waals surface area contributed by atoms with Crippen molar-refractivity contribution < 1.29 is 19.0 Å². The molecule has 2 aliphatic rings. The number of nitrogens with zero attached hydrogens (tertiary/aromatic N) is 3. The van der Waals surface area contributed by atoms with Crippen molar-refractivity contribution >= 4 is 5.97 Å². The number of hydrogen-bond acceptors (Lipinski definition) is 6. The molecular weight excluding hydrogens is 425 g/mol. The fourth-order valence-electron chi connectivity index (χ4n) is 5.42. The molecule has 2 bridgehead atoms. The summed E-state index contributed by atoms with van der Waals surface area (Å²) in [6.07, 6.45) is 3.47. The Bertz CT molecular complexity index is 1250. The second kappa shape index (κ2) is 8.53. The van der Waals surface area contributed by atoms with Gasteiger partial charge in [0, 0.05) is 55.3 Å². The Morgan fingerprint density at radius 1 is 1.24 bits per heavy atom. The number of ether oxygens (including phenoxy) is 1. The summed E-state index contributed by atoms with van der Waals surface area (Å²) in [5.41, 5.74) is 2.32. The molecule has 8 heteroatoms. The largest absolute Gasteiger partial charge is 0.469 e. The maximum absolute atomic E-state index is 13.8. The highest BCUT2D eigenvalue weighted by Gasteiger charge is 2.56. The van der Waals surface area contributed by atoms with E-state index >= 15 is 0 Å². The van der Waals surface area contributed by atoms with Crippen molar-refractivity contribution in [1.29, 1.82) is 0 Å². The van der Waals surface area contributed by atoms with E-state index in [-0.39, 0.29) is 18.2 Å². The number of hydrogen-bond donors (Lipinski definition) is 1. The van der Waals surface area contributed by atoms with Crippen molar-refractivity contribution in [1.82, 2.24) is 14.5 Å². The average molecular weight is 449 g/mol. The van der Waals surface area contributed by atoms with Crippen LogP contribution in [0.25, 0.3) is 11.1 Å². The molecule has 4 heterocycles. The number of carbonyl (C=O) groups excluding carboxylic acids is 1. The number of methoxy groups -OCH3 is 1. The van der Waals surface area contributed by atoms with E-state index in [1.165, 1.54) is 19.2 Å². The highest BCUT2D eigenvalue weighted by Crippen LogP contribution is 2.49. The lowest BCUT2D eigenvalue weighted by Crippen LogP contribution is -2.46. The number of halogens is 1. The van der Waals surface area contributed by atoms with Gasteiger partial charge in [-0.2, -0.15) is 0 Å². The first-order valence-electron chi connectivity index (χ1n) is 10.9. The van der Waals surface area contributed by atoms with Crippen molar-refractivity contribution in [3.63, 3.8) is 0 Å². The molecule has 170 valence electrons. The van der Waals surface area contributed by atoms with Gasteiger partial charge in [0.05, 0.1) is 19.1 Å². The minimum Gasteiger partial charge on any atom is -0.469 e. The van der Waals surface area contributed by atoms with E-state index in [2.05, 4.69) is 9.88 Å². The summed E-state index contributed by atoms with van der Waals surface area (Å²) < 4.78 is 20.6. The summed E-state index contributed by atoms with van der Waals surface area (Å²) in [5.74, 6) is -1.83. The van der Waals surface area contributed by atoms with Gasteiger partial charge in [0.25, 0.3) is 5.56 Å². The Labute approximate surface area is 190 Å². The van der Waals surface area contributed by atoms with Gasteiger partial charge >= 0.3 is 5.97 Å². The smallest absolute Gasteiger partial charge is 0.311 e. The third-order valence-corrected chi connectivity index (χ3v) is 6.87. The standard InChI is InChI=1S/C25H24FN3O4/c1-33-25(32)22-19(14-30)21-13-29-20(23(22)28(21)12-15-4-3-9-27-11-15)8-7-18(24(29)31)16-5-2-6-17(26)10-16/h2-11,19,21-23,30H,12-14H2,1H3/t19-,21-,22+,23+/m1/s1. The third-order valence-electron chi connectivity index (χ3n) is 6.87. The molecule has 1 saturated heterocycles. The van der Waals surface area contributed by atoms with Crippen LogP contribution >= 0.6 is 0 Å². The SMILES string of the molecule is COC(=O)[C@H]1[C@H](CO)[C@H]2Cn3c(ccc(-c4cccc(F)c4)c3=O)[C@@H]1N2Cc1cccnc1. The Morgan fingerprint density at radius 3 is 2.79 bits per heavy atom. The Hall–Kier alpha value is -3.36. The molecule has 4 atom stereocenters. The second-order valence-electron chi connectivity index (χ2n) is 8.54. The summed E-state index contributed by atoms with van der Waals surface area (Å²) in [4.78, 5) is 32.7. The number of esters is 1. The normalized spacial score (nSPS) is 23.8. The van der Waals surface area contributed by atoms with Gasteiger partial charge in [-0.1, -0.05) is 18.2 Å². The monoisotopic (exact) mass is 449 g/mol. The van der Waals surface area contributed by atoms with Crippen LogP contribution in [-0.4, -0.2) is 45.3 Å². The molecule has 2 aromatic heterocycles. The molecule has 1 aromatic carbocycles. The molecule has 0 spiro atoms. The average Bonchev–Trinajstić information content (AvgIpc) is 3.03. The number of rotatable bonds is 5. The maximum Gasteiger partial charge on any atom is 0.311 e.